The van der Waals surface area contributed by atoms with Crippen LogP contribution in [0.1, 0.15) is 12.8 Å². The van der Waals surface area contributed by atoms with Crippen molar-refractivity contribution in [1.29, 1.82) is 0 Å². The van der Waals surface area contributed by atoms with Crippen LogP contribution in [0, 0.1) is 17.8 Å². The third-order valence-electron chi connectivity index (χ3n) is 4.34. The fraction of sp³-hybridized carbons (Fsp3) is 0.833. The Labute approximate surface area is 113 Å². The van der Waals surface area contributed by atoms with Crippen molar-refractivity contribution in [3.63, 3.8) is 0 Å². The van der Waals surface area contributed by atoms with Crippen LogP contribution < -0.4 is 10.6 Å². The first-order valence-corrected chi connectivity index (χ1v) is 6.50. The molecule has 0 aromatic heterocycles. The molecule has 3 rings (SSSR count). The van der Waals surface area contributed by atoms with Crippen molar-refractivity contribution in [3.8, 4) is 0 Å². The van der Waals surface area contributed by atoms with E-state index in [0.29, 0.717) is 18.9 Å². The van der Waals surface area contributed by atoms with Crippen molar-refractivity contribution in [2.75, 3.05) is 32.7 Å². The Bertz CT molecular complexity index is 350. The Morgan fingerprint density at radius 3 is 2.72 bits per heavy atom. The number of likely N-dealkylation sites (tertiary alicyclic amines) is 1. The summed E-state index contributed by atoms with van der Waals surface area (Å²) in [6.07, 6.45) is 1.49. The van der Waals surface area contributed by atoms with E-state index in [4.69, 9.17) is 0 Å². The third kappa shape index (κ3) is 2.47. The van der Waals surface area contributed by atoms with E-state index in [1.807, 2.05) is 4.90 Å². The number of carbonyl (C=O) groups excluding carboxylic acids is 2. The van der Waals surface area contributed by atoms with Crippen LogP contribution in [0.4, 0.5) is 0 Å². The van der Waals surface area contributed by atoms with Crippen molar-refractivity contribution in [2.24, 2.45) is 17.8 Å². The molecule has 102 valence electrons. The number of hydrogen-bond acceptors (Lipinski definition) is 3. The lowest BCUT2D eigenvalue weighted by Crippen LogP contribution is -2.46. The smallest absolute Gasteiger partial charge is 0.227 e. The average molecular weight is 274 g/mol. The fourth-order valence-corrected chi connectivity index (χ4v) is 3.27. The van der Waals surface area contributed by atoms with Gasteiger partial charge < -0.3 is 15.5 Å². The van der Waals surface area contributed by atoms with Crippen molar-refractivity contribution >= 4 is 24.2 Å². The van der Waals surface area contributed by atoms with E-state index in [1.165, 1.54) is 0 Å². The summed E-state index contributed by atoms with van der Waals surface area (Å²) < 4.78 is 0. The van der Waals surface area contributed by atoms with Crippen molar-refractivity contribution < 1.29 is 9.59 Å². The number of hydrogen-bond donors (Lipinski definition) is 2. The summed E-state index contributed by atoms with van der Waals surface area (Å²) in [5.74, 6) is 1.45. The SMILES string of the molecule is Cl.O=C1CC(C(=O)N2CCC3CNCC3C2)CN1. The molecular weight excluding hydrogens is 254 g/mol. The fourth-order valence-electron chi connectivity index (χ4n) is 3.27. The highest BCUT2D eigenvalue weighted by molar-refractivity contribution is 5.89. The maximum Gasteiger partial charge on any atom is 0.227 e. The zero-order chi connectivity index (χ0) is 11.8. The van der Waals surface area contributed by atoms with Gasteiger partial charge in [0.15, 0.2) is 0 Å². The number of rotatable bonds is 1. The minimum absolute atomic E-state index is 0. The molecule has 3 saturated heterocycles. The Hall–Kier alpha value is -0.810. The quantitative estimate of drug-likeness (QED) is 0.684. The second-order valence-electron chi connectivity index (χ2n) is 5.46. The zero-order valence-corrected chi connectivity index (χ0v) is 11.2. The van der Waals surface area contributed by atoms with Gasteiger partial charge in [-0.3, -0.25) is 9.59 Å². The van der Waals surface area contributed by atoms with Gasteiger partial charge in [0.1, 0.15) is 0 Å². The summed E-state index contributed by atoms with van der Waals surface area (Å²) in [4.78, 5) is 25.4. The van der Waals surface area contributed by atoms with Crippen LogP contribution in [0.3, 0.4) is 0 Å². The molecule has 0 saturated carbocycles. The van der Waals surface area contributed by atoms with Crippen LogP contribution in [-0.2, 0) is 9.59 Å². The molecule has 3 heterocycles. The largest absolute Gasteiger partial charge is 0.355 e. The standard InChI is InChI=1S/C12H19N3O2.ClH/c16-11-3-9(6-14-11)12(17)15-2-1-8-4-13-5-10(8)7-15;/h8-10,13H,1-7H2,(H,14,16);1H. The average Bonchev–Trinajstić information content (AvgIpc) is 2.95. The van der Waals surface area contributed by atoms with Crippen LogP contribution in [0.2, 0.25) is 0 Å². The van der Waals surface area contributed by atoms with Crippen molar-refractivity contribution in [3.05, 3.63) is 0 Å². The van der Waals surface area contributed by atoms with E-state index in [2.05, 4.69) is 10.6 Å². The zero-order valence-electron chi connectivity index (χ0n) is 10.4. The third-order valence-corrected chi connectivity index (χ3v) is 4.34. The van der Waals surface area contributed by atoms with E-state index in [9.17, 15) is 9.59 Å². The molecule has 0 aliphatic carbocycles. The van der Waals surface area contributed by atoms with Gasteiger partial charge in [-0.25, -0.2) is 0 Å². The number of nitrogens with zero attached hydrogens (tertiary/aromatic N) is 1. The van der Waals surface area contributed by atoms with Gasteiger partial charge in [0, 0.05) is 26.1 Å². The van der Waals surface area contributed by atoms with E-state index in [0.717, 1.165) is 38.5 Å². The van der Waals surface area contributed by atoms with Crippen LogP contribution in [0.5, 0.6) is 0 Å². The maximum atomic E-state index is 12.2. The molecule has 2 amide bonds. The van der Waals surface area contributed by atoms with E-state index in [-0.39, 0.29) is 30.1 Å². The Balaban J connectivity index is 0.00000120. The molecule has 3 aliphatic rings. The molecule has 6 heteroatoms. The molecule has 3 unspecified atom stereocenters. The number of halogens is 1. The Kier molecular flexibility index (Phi) is 4.12. The molecule has 18 heavy (non-hydrogen) atoms. The van der Waals surface area contributed by atoms with E-state index >= 15 is 0 Å². The summed E-state index contributed by atoms with van der Waals surface area (Å²) in [5, 5.41) is 6.13. The van der Waals surface area contributed by atoms with Gasteiger partial charge in [-0.1, -0.05) is 0 Å². The highest BCUT2D eigenvalue weighted by Gasteiger charge is 2.38. The molecule has 3 atom stereocenters. The number of nitrogens with one attached hydrogen (secondary N) is 2. The first kappa shape index (κ1) is 13.6. The Morgan fingerprint density at radius 1 is 1.22 bits per heavy atom. The van der Waals surface area contributed by atoms with Gasteiger partial charge in [0.25, 0.3) is 0 Å². The molecule has 3 aliphatic heterocycles. The molecule has 0 bridgehead atoms. The van der Waals surface area contributed by atoms with Crippen molar-refractivity contribution in [2.45, 2.75) is 12.8 Å². The number of amides is 2. The van der Waals surface area contributed by atoms with Gasteiger partial charge in [0.05, 0.1) is 5.92 Å². The van der Waals surface area contributed by atoms with Gasteiger partial charge in [-0.15, -0.1) is 12.4 Å². The number of piperidine rings is 1. The lowest BCUT2D eigenvalue weighted by atomic mass is 9.88. The lowest BCUT2D eigenvalue weighted by molar-refractivity contribution is -0.138. The van der Waals surface area contributed by atoms with Crippen LogP contribution in [-0.4, -0.2) is 49.4 Å². The topological polar surface area (TPSA) is 61.4 Å². The maximum absolute atomic E-state index is 12.2. The Morgan fingerprint density at radius 2 is 2.00 bits per heavy atom. The first-order chi connectivity index (χ1) is 8.24. The summed E-state index contributed by atoms with van der Waals surface area (Å²) in [5.41, 5.74) is 0. The predicted octanol–water partition coefficient (Wildman–Crippen LogP) is -0.388. The summed E-state index contributed by atoms with van der Waals surface area (Å²) in [6, 6.07) is 0. The van der Waals surface area contributed by atoms with Crippen LogP contribution >= 0.6 is 12.4 Å². The summed E-state index contributed by atoms with van der Waals surface area (Å²) >= 11 is 0. The number of carbonyl (C=O) groups is 2. The minimum Gasteiger partial charge on any atom is -0.355 e. The van der Waals surface area contributed by atoms with Crippen LogP contribution in [0.25, 0.3) is 0 Å². The van der Waals surface area contributed by atoms with Gasteiger partial charge in [-0.2, -0.15) is 0 Å². The highest BCUT2D eigenvalue weighted by Crippen LogP contribution is 2.27. The predicted molar refractivity (Wildman–Crippen MR) is 69.4 cm³/mol. The van der Waals surface area contributed by atoms with Crippen molar-refractivity contribution in [1.82, 2.24) is 15.5 Å². The highest BCUT2D eigenvalue weighted by atomic mass is 35.5. The number of fused-ring (bicyclic) bond motifs is 1. The first-order valence-electron chi connectivity index (χ1n) is 6.50. The molecule has 2 N–H and O–H groups in total. The molecular formula is C12H20ClN3O2. The molecule has 0 radical (unpaired) electrons. The second kappa shape index (κ2) is 5.45. The molecule has 0 spiro atoms. The van der Waals surface area contributed by atoms with Gasteiger partial charge in [0.2, 0.25) is 11.8 Å². The van der Waals surface area contributed by atoms with E-state index < -0.39 is 0 Å². The van der Waals surface area contributed by atoms with Crippen LogP contribution in [0.15, 0.2) is 0 Å². The molecule has 3 fully saturated rings. The van der Waals surface area contributed by atoms with E-state index in [1.54, 1.807) is 0 Å². The second-order valence-corrected chi connectivity index (χ2v) is 5.46. The molecule has 5 nitrogen and oxygen atoms in total. The van der Waals surface area contributed by atoms with Gasteiger partial charge >= 0.3 is 0 Å². The summed E-state index contributed by atoms with van der Waals surface area (Å²) in [7, 11) is 0. The minimum atomic E-state index is -0.117. The lowest BCUT2D eigenvalue weighted by Gasteiger charge is -2.35. The molecule has 0 aromatic carbocycles. The summed E-state index contributed by atoms with van der Waals surface area (Å²) in [6.45, 7) is 4.42. The van der Waals surface area contributed by atoms with Gasteiger partial charge in [-0.05, 0) is 31.3 Å². The molecule has 0 aromatic rings. The normalized spacial score (nSPS) is 34.8. The monoisotopic (exact) mass is 273 g/mol.